The van der Waals surface area contributed by atoms with Crippen molar-refractivity contribution in [2.24, 2.45) is 5.10 Å². The van der Waals surface area contributed by atoms with Crippen molar-refractivity contribution >= 4 is 35.2 Å². The second kappa shape index (κ2) is 5.61. The molecule has 0 spiro atoms. The van der Waals surface area contributed by atoms with Gasteiger partial charge in [-0.3, -0.25) is 5.43 Å². The van der Waals surface area contributed by atoms with Gasteiger partial charge in [0.15, 0.2) is 5.82 Å². The van der Waals surface area contributed by atoms with Gasteiger partial charge in [-0.05, 0) is 12.1 Å². The molecule has 0 bridgehead atoms. The highest BCUT2D eigenvalue weighted by atomic mass is 35.5. The molecule has 0 aliphatic carbocycles. The Labute approximate surface area is 112 Å². The lowest BCUT2D eigenvalue weighted by molar-refractivity contribution is 0.913. The Bertz CT molecular complexity index is 640. The molecule has 0 saturated carbocycles. The van der Waals surface area contributed by atoms with E-state index in [1.807, 2.05) is 0 Å². The van der Waals surface area contributed by atoms with Gasteiger partial charge in [0.2, 0.25) is 0 Å². The fourth-order valence-corrected chi connectivity index (χ4v) is 1.60. The van der Waals surface area contributed by atoms with Crippen molar-refractivity contribution in [3.05, 3.63) is 50.5 Å². The largest absolute Gasteiger partial charge is 0.363 e. The molecule has 1 heterocycles. The zero-order valence-electron chi connectivity index (χ0n) is 8.89. The molecule has 0 amide bonds. The fourth-order valence-electron chi connectivity index (χ4n) is 1.14. The topological polar surface area (TPSA) is 83.0 Å². The van der Waals surface area contributed by atoms with Gasteiger partial charge in [-0.25, -0.2) is 9.89 Å². The molecule has 0 atom stereocenters. The van der Waals surface area contributed by atoms with Crippen LogP contribution in [0.5, 0.6) is 0 Å². The van der Waals surface area contributed by atoms with Crippen molar-refractivity contribution in [1.29, 1.82) is 0 Å². The van der Waals surface area contributed by atoms with Gasteiger partial charge in [-0.15, -0.1) is 0 Å². The van der Waals surface area contributed by atoms with Crippen molar-refractivity contribution in [3.63, 3.8) is 0 Å². The zero-order chi connectivity index (χ0) is 13.0. The first kappa shape index (κ1) is 12.5. The number of benzene rings is 1. The fraction of sp³-hybridized carbons (Fsp3) is 0. The van der Waals surface area contributed by atoms with E-state index in [0.29, 0.717) is 15.6 Å². The Morgan fingerprint density at radius 1 is 1.39 bits per heavy atom. The molecule has 0 saturated heterocycles. The third-order valence-electron chi connectivity index (χ3n) is 1.91. The molecule has 0 fully saturated rings. The van der Waals surface area contributed by atoms with E-state index in [0.717, 1.165) is 0 Å². The van der Waals surface area contributed by atoms with Crippen molar-refractivity contribution in [2.45, 2.75) is 0 Å². The maximum absolute atomic E-state index is 10.9. The van der Waals surface area contributed by atoms with Gasteiger partial charge in [-0.1, -0.05) is 29.3 Å². The van der Waals surface area contributed by atoms with Gasteiger partial charge < -0.3 is 0 Å². The number of rotatable bonds is 3. The van der Waals surface area contributed by atoms with Gasteiger partial charge in [0.1, 0.15) is 0 Å². The van der Waals surface area contributed by atoms with E-state index < -0.39 is 5.69 Å². The van der Waals surface area contributed by atoms with Gasteiger partial charge in [0, 0.05) is 10.6 Å². The molecule has 6 nitrogen and oxygen atoms in total. The monoisotopic (exact) mass is 283 g/mol. The van der Waals surface area contributed by atoms with Crippen LogP contribution in [0.2, 0.25) is 10.0 Å². The first-order chi connectivity index (χ1) is 8.65. The molecule has 0 aliphatic heterocycles. The lowest BCUT2D eigenvalue weighted by Gasteiger charge is -1.99. The molecule has 1 aromatic heterocycles. The molecule has 1 aromatic carbocycles. The van der Waals surface area contributed by atoms with E-state index in [1.165, 1.54) is 12.4 Å². The molecule has 0 aliphatic rings. The number of nitrogens with one attached hydrogen (secondary N) is 2. The third-order valence-corrected chi connectivity index (χ3v) is 2.48. The molecule has 2 rings (SSSR count). The van der Waals surface area contributed by atoms with E-state index in [4.69, 9.17) is 23.2 Å². The van der Waals surface area contributed by atoms with Crippen LogP contribution in [0.4, 0.5) is 5.82 Å². The van der Waals surface area contributed by atoms with Crippen molar-refractivity contribution in [1.82, 2.24) is 15.2 Å². The highest BCUT2D eigenvalue weighted by Gasteiger charge is 1.98. The van der Waals surface area contributed by atoms with Crippen molar-refractivity contribution in [2.75, 3.05) is 5.43 Å². The summed E-state index contributed by atoms with van der Waals surface area (Å²) in [6.07, 6.45) is 2.82. The van der Waals surface area contributed by atoms with E-state index in [1.54, 1.807) is 18.2 Å². The highest BCUT2D eigenvalue weighted by Crippen LogP contribution is 2.19. The second-order valence-electron chi connectivity index (χ2n) is 3.21. The molecular weight excluding hydrogens is 277 g/mol. The predicted octanol–water partition coefficient (Wildman–Crippen LogP) is 1.92. The number of hydrogen-bond donors (Lipinski definition) is 2. The van der Waals surface area contributed by atoms with Crippen LogP contribution in [-0.2, 0) is 0 Å². The highest BCUT2D eigenvalue weighted by molar-refractivity contribution is 6.36. The summed E-state index contributed by atoms with van der Waals surface area (Å²) in [6, 6.07) is 5.03. The molecule has 0 radical (unpaired) electrons. The lowest BCUT2D eigenvalue weighted by Crippen LogP contribution is -2.13. The molecule has 92 valence electrons. The van der Waals surface area contributed by atoms with Crippen LogP contribution >= 0.6 is 23.2 Å². The Morgan fingerprint density at radius 2 is 2.22 bits per heavy atom. The van der Waals surface area contributed by atoms with Crippen molar-refractivity contribution in [3.8, 4) is 0 Å². The summed E-state index contributed by atoms with van der Waals surface area (Å²) >= 11 is 11.7. The quantitative estimate of drug-likeness (QED) is 0.666. The van der Waals surface area contributed by atoms with E-state index >= 15 is 0 Å². The summed E-state index contributed by atoms with van der Waals surface area (Å²) in [7, 11) is 0. The summed E-state index contributed by atoms with van der Waals surface area (Å²) < 4.78 is 0. The first-order valence-electron chi connectivity index (χ1n) is 4.81. The maximum Gasteiger partial charge on any atom is 0.363 e. The van der Waals surface area contributed by atoms with Gasteiger partial charge in [0.25, 0.3) is 0 Å². The Kier molecular flexibility index (Phi) is 3.91. The average molecular weight is 284 g/mol. The minimum absolute atomic E-state index is 0.236. The van der Waals surface area contributed by atoms with Crippen LogP contribution < -0.4 is 11.1 Å². The summed E-state index contributed by atoms with van der Waals surface area (Å²) in [5, 5.41) is 10.6. The Balaban J connectivity index is 2.10. The van der Waals surface area contributed by atoms with Gasteiger partial charge in [0.05, 0.1) is 17.4 Å². The first-order valence-corrected chi connectivity index (χ1v) is 5.56. The van der Waals surface area contributed by atoms with Crippen LogP contribution in [0.15, 0.2) is 34.3 Å². The number of hydrogen-bond acceptors (Lipinski definition) is 5. The average Bonchev–Trinajstić information content (AvgIpc) is 2.32. The predicted molar refractivity (Wildman–Crippen MR) is 70.3 cm³/mol. The number of nitrogens with zero attached hydrogens (tertiary/aromatic N) is 3. The Morgan fingerprint density at radius 3 is 2.94 bits per heavy atom. The number of anilines is 1. The van der Waals surface area contributed by atoms with Crippen LogP contribution in [-0.4, -0.2) is 21.4 Å². The lowest BCUT2D eigenvalue weighted by atomic mass is 10.2. The minimum atomic E-state index is -0.556. The summed E-state index contributed by atoms with van der Waals surface area (Å²) in [5.41, 5.74) is 2.69. The van der Waals surface area contributed by atoms with Gasteiger partial charge >= 0.3 is 5.69 Å². The number of aromatic nitrogens is 3. The standard InChI is InChI=1S/C10H7Cl2N5O/c11-7-2-1-6(8(12)3-7)4-13-16-9-5-14-17-10(18)15-9/h1-5H,(H2,15,16,17,18)/b13-4+. The van der Waals surface area contributed by atoms with E-state index in [2.05, 4.69) is 25.7 Å². The number of H-pyrrole nitrogens is 1. The van der Waals surface area contributed by atoms with E-state index in [-0.39, 0.29) is 5.82 Å². The van der Waals surface area contributed by atoms with Crippen LogP contribution in [0.3, 0.4) is 0 Å². The maximum atomic E-state index is 10.9. The molecule has 2 N–H and O–H groups in total. The summed E-state index contributed by atoms with van der Waals surface area (Å²) in [5.74, 6) is 0.236. The van der Waals surface area contributed by atoms with Crippen LogP contribution in [0.25, 0.3) is 0 Å². The molecule has 8 heteroatoms. The third kappa shape index (κ3) is 3.28. The molecule has 2 aromatic rings. The normalized spacial score (nSPS) is 10.8. The van der Waals surface area contributed by atoms with Crippen LogP contribution in [0, 0.1) is 0 Å². The number of hydrazone groups is 1. The molecule has 18 heavy (non-hydrogen) atoms. The summed E-state index contributed by atoms with van der Waals surface area (Å²) in [6.45, 7) is 0. The molecular formula is C10H7Cl2N5O. The smallest absolute Gasteiger partial charge is 0.260 e. The SMILES string of the molecule is O=c1nc(N/N=C/c2ccc(Cl)cc2Cl)cn[nH]1. The number of aromatic amines is 1. The number of halogens is 2. The summed E-state index contributed by atoms with van der Waals surface area (Å²) in [4.78, 5) is 14.4. The zero-order valence-corrected chi connectivity index (χ0v) is 10.4. The Hall–Kier alpha value is -1.92. The van der Waals surface area contributed by atoms with Crippen LogP contribution in [0.1, 0.15) is 5.56 Å². The second-order valence-corrected chi connectivity index (χ2v) is 4.05. The minimum Gasteiger partial charge on any atom is -0.260 e. The van der Waals surface area contributed by atoms with Crippen molar-refractivity contribution < 1.29 is 0 Å². The van der Waals surface area contributed by atoms with E-state index in [9.17, 15) is 4.79 Å². The molecule has 0 unspecified atom stereocenters. The van der Waals surface area contributed by atoms with Gasteiger partial charge in [-0.2, -0.15) is 15.2 Å².